The number of aromatic nitrogens is 6. The first-order valence-electron chi connectivity index (χ1n) is 8.84. The van der Waals surface area contributed by atoms with E-state index in [0.717, 1.165) is 12.0 Å². The van der Waals surface area contributed by atoms with Crippen molar-refractivity contribution < 1.29 is 9.59 Å². The molecule has 11 heteroatoms. The third-order valence-electron chi connectivity index (χ3n) is 4.13. The van der Waals surface area contributed by atoms with Crippen LogP contribution < -0.4 is 5.32 Å². The lowest BCUT2D eigenvalue weighted by molar-refractivity contribution is 0.111. The second-order valence-electron chi connectivity index (χ2n) is 6.17. The van der Waals surface area contributed by atoms with Crippen molar-refractivity contribution in [1.29, 1.82) is 0 Å². The molecule has 0 spiro atoms. The molecule has 4 heterocycles. The summed E-state index contributed by atoms with van der Waals surface area (Å²) < 4.78 is 3.05. The molecule has 0 aliphatic rings. The van der Waals surface area contributed by atoms with E-state index in [1.807, 2.05) is 12.1 Å². The second-order valence-corrected chi connectivity index (χ2v) is 6.99. The summed E-state index contributed by atoms with van der Waals surface area (Å²) in [6.45, 7) is 0. The van der Waals surface area contributed by atoms with Gasteiger partial charge in [0.2, 0.25) is 0 Å². The van der Waals surface area contributed by atoms with Gasteiger partial charge in [-0.3, -0.25) is 9.59 Å². The minimum atomic E-state index is 0.353. The Morgan fingerprint density at radius 3 is 1.97 bits per heavy atom. The molecule has 0 unspecified atom stereocenters. The van der Waals surface area contributed by atoms with Crippen LogP contribution in [0.4, 0.5) is 11.5 Å². The van der Waals surface area contributed by atoms with Crippen molar-refractivity contribution in [3.63, 3.8) is 0 Å². The number of hydrogen-bond donors (Lipinski definition) is 1. The molecular weight excluding hydrogens is 441 g/mol. The summed E-state index contributed by atoms with van der Waals surface area (Å²) in [5, 5.41) is 12.1. The van der Waals surface area contributed by atoms with Crippen LogP contribution in [0.5, 0.6) is 0 Å². The molecule has 0 aliphatic heterocycles. The quantitative estimate of drug-likeness (QED) is 0.321. The highest BCUT2D eigenvalue weighted by atomic mass is 35.5. The minimum Gasteiger partial charge on any atom is -0.340 e. The van der Waals surface area contributed by atoms with Crippen LogP contribution in [0.1, 0.15) is 20.7 Å². The summed E-state index contributed by atoms with van der Waals surface area (Å²) in [5.74, 6) is 0.637. The number of carbonyl (C=O) groups excluding carboxylic acids is 2. The molecule has 5 rings (SSSR count). The predicted molar refractivity (Wildman–Crippen MR) is 116 cm³/mol. The van der Waals surface area contributed by atoms with E-state index < -0.39 is 0 Å². The number of rotatable bonds is 4. The zero-order chi connectivity index (χ0) is 21.8. The van der Waals surface area contributed by atoms with Crippen LogP contribution in [0, 0.1) is 0 Å². The Bertz CT molecular complexity index is 1380. The number of nitrogens with zero attached hydrogens (tertiary/aromatic N) is 6. The van der Waals surface area contributed by atoms with Gasteiger partial charge in [0.25, 0.3) is 0 Å². The summed E-state index contributed by atoms with van der Waals surface area (Å²) in [4.78, 5) is 29.6. The van der Waals surface area contributed by atoms with E-state index in [0.29, 0.717) is 44.7 Å². The summed E-state index contributed by atoms with van der Waals surface area (Å²) in [5.41, 5.74) is 2.78. The van der Waals surface area contributed by atoms with Crippen LogP contribution in [0.15, 0.2) is 61.2 Å². The van der Waals surface area contributed by atoms with E-state index in [1.54, 1.807) is 41.2 Å². The van der Waals surface area contributed by atoms with Crippen LogP contribution >= 0.6 is 23.2 Å². The van der Waals surface area contributed by atoms with E-state index >= 15 is 0 Å². The number of benzene rings is 1. The zero-order valence-electron chi connectivity index (χ0n) is 15.7. The highest BCUT2D eigenvalue weighted by Crippen LogP contribution is 2.18. The van der Waals surface area contributed by atoms with Crippen LogP contribution in [-0.2, 0) is 0 Å². The Balaban J connectivity index is 0.000000166. The lowest BCUT2D eigenvalue weighted by Gasteiger charge is -2.05. The maximum absolute atomic E-state index is 10.9. The van der Waals surface area contributed by atoms with Crippen LogP contribution in [0.3, 0.4) is 0 Å². The first-order valence-corrected chi connectivity index (χ1v) is 9.60. The maximum atomic E-state index is 10.9. The molecule has 1 aromatic carbocycles. The maximum Gasteiger partial charge on any atom is 0.167 e. The number of aldehydes is 2. The number of nitrogens with one attached hydrogen (secondary N) is 1. The van der Waals surface area contributed by atoms with Gasteiger partial charge in [0.05, 0.1) is 23.5 Å². The van der Waals surface area contributed by atoms with Gasteiger partial charge < -0.3 is 5.32 Å². The van der Waals surface area contributed by atoms with Crippen molar-refractivity contribution in [1.82, 2.24) is 29.2 Å². The third-order valence-corrected chi connectivity index (χ3v) is 4.59. The van der Waals surface area contributed by atoms with Gasteiger partial charge in [-0.2, -0.15) is 10.2 Å². The Kier molecular flexibility index (Phi) is 5.87. The Morgan fingerprint density at radius 1 is 0.774 bits per heavy atom. The lowest BCUT2D eigenvalue weighted by Crippen LogP contribution is -1.97. The van der Waals surface area contributed by atoms with Crippen LogP contribution in [0.2, 0.25) is 10.2 Å². The SMILES string of the molecule is O=Cc1cnn2ccc(Cl)nc12.O=Cc1cnn2ccc(Nc3ccc(Cl)cc3)nc12. The molecule has 5 aromatic rings. The summed E-state index contributed by atoms with van der Waals surface area (Å²) >= 11 is 11.5. The van der Waals surface area contributed by atoms with Gasteiger partial charge in [-0.05, 0) is 36.4 Å². The van der Waals surface area contributed by atoms with Gasteiger partial charge in [-0.15, -0.1) is 0 Å². The van der Waals surface area contributed by atoms with Crippen LogP contribution in [0.25, 0.3) is 11.3 Å². The van der Waals surface area contributed by atoms with E-state index in [4.69, 9.17) is 23.2 Å². The number of fused-ring (bicyclic) bond motifs is 2. The normalized spacial score (nSPS) is 10.5. The molecule has 4 aromatic heterocycles. The first kappa shape index (κ1) is 20.5. The lowest BCUT2D eigenvalue weighted by atomic mass is 10.3. The molecule has 0 saturated carbocycles. The van der Waals surface area contributed by atoms with E-state index in [-0.39, 0.29) is 0 Å². The fraction of sp³-hybridized carbons (Fsp3) is 0. The molecule has 0 radical (unpaired) electrons. The average molecular weight is 454 g/mol. The first-order chi connectivity index (χ1) is 15.1. The molecular formula is C20H13Cl2N7O2. The van der Waals surface area contributed by atoms with Crippen molar-refractivity contribution in [2.75, 3.05) is 5.32 Å². The molecule has 0 atom stereocenters. The molecule has 0 bridgehead atoms. The number of halogens is 2. The largest absolute Gasteiger partial charge is 0.340 e. The summed E-state index contributed by atoms with van der Waals surface area (Å²) in [6.07, 6.45) is 7.77. The Labute approximate surface area is 185 Å². The average Bonchev–Trinajstić information content (AvgIpc) is 3.38. The van der Waals surface area contributed by atoms with Gasteiger partial charge in [-0.25, -0.2) is 19.0 Å². The van der Waals surface area contributed by atoms with Gasteiger partial charge in [0, 0.05) is 23.1 Å². The van der Waals surface area contributed by atoms with E-state index in [1.165, 1.54) is 16.9 Å². The van der Waals surface area contributed by atoms with Gasteiger partial charge in [-0.1, -0.05) is 23.2 Å². The number of carbonyl (C=O) groups is 2. The molecule has 0 amide bonds. The molecule has 0 fully saturated rings. The Hall–Kier alpha value is -3.82. The highest BCUT2D eigenvalue weighted by molar-refractivity contribution is 6.30. The standard InChI is InChI=1S/C13H9ClN4O.C7H4ClN3O/c14-10-1-3-11(4-2-10)16-12-5-6-18-13(17-12)9(8-19)7-15-18;8-6-1-2-11-7(10-6)5(4-12)3-9-11/h1-8H,(H,16,17);1-4H. The van der Waals surface area contributed by atoms with Gasteiger partial charge >= 0.3 is 0 Å². The van der Waals surface area contributed by atoms with Crippen molar-refractivity contribution >= 4 is 58.6 Å². The van der Waals surface area contributed by atoms with Gasteiger partial charge in [0.1, 0.15) is 11.0 Å². The third kappa shape index (κ3) is 4.52. The van der Waals surface area contributed by atoms with E-state index in [9.17, 15) is 9.59 Å². The smallest absolute Gasteiger partial charge is 0.167 e. The molecule has 154 valence electrons. The zero-order valence-corrected chi connectivity index (χ0v) is 17.2. The predicted octanol–water partition coefficient (Wildman–Crippen LogP) is 4.13. The topological polar surface area (TPSA) is 107 Å². The molecule has 31 heavy (non-hydrogen) atoms. The second kappa shape index (κ2) is 8.90. The fourth-order valence-corrected chi connectivity index (χ4v) is 2.93. The molecule has 9 nitrogen and oxygen atoms in total. The van der Waals surface area contributed by atoms with Crippen molar-refractivity contribution in [2.45, 2.75) is 0 Å². The Morgan fingerprint density at radius 2 is 1.35 bits per heavy atom. The van der Waals surface area contributed by atoms with Crippen LogP contribution in [-0.4, -0.2) is 41.8 Å². The van der Waals surface area contributed by atoms with Crippen molar-refractivity contribution in [3.05, 3.63) is 82.5 Å². The van der Waals surface area contributed by atoms with Gasteiger partial charge in [0.15, 0.2) is 23.9 Å². The fourth-order valence-electron chi connectivity index (χ4n) is 2.67. The molecule has 1 N–H and O–H groups in total. The minimum absolute atomic E-state index is 0.353. The van der Waals surface area contributed by atoms with Crippen molar-refractivity contribution in [3.8, 4) is 0 Å². The summed E-state index contributed by atoms with van der Waals surface area (Å²) in [6, 6.07) is 10.7. The molecule has 0 aliphatic carbocycles. The summed E-state index contributed by atoms with van der Waals surface area (Å²) in [7, 11) is 0. The number of hydrogen-bond acceptors (Lipinski definition) is 7. The van der Waals surface area contributed by atoms with E-state index in [2.05, 4.69) is 25.5 Å². The molecule has 0 saturated heterocycles. The number of anilines is 2. The highest BCUT2D eigenvalue weighted by Gasteiger charge is 2.06. The monoisotopic (exact) mass is 453 g/mol. The van der Waals surface area contributed by atoms with Crippen molar-refractivity contribution in [2.24, 2.45) is 0 Å².